The van der Waals surface area contributed by atoms with Gasteiger partial charge in [-0.3, -0.25) is 0 Å². The second-order valence-electron chi connectivity index (χ2n) is 5.68. The zero-order valence-corrected chi connectivity index (χ0v) is 13.7. The molecular formula is C15H19ClO4S. The second kappa shape index (κ2) is 6.36. The maximum absolute atomic E-state index is 12.2. The van der Waals surface area contributed by atoms with Crippen molar-refractivity contribution >= 4 is 25.7 Å². The van der Waals surface area contributed by atoms with Crippen LogP contribution < -0.4 is 0 Å². The van der Waals surface area contributed by atoms with Crippen LogP contribution >= 0.6 is 10.7 Å². The molecule has 0 radical (unpaired) electrons. The molecule has 6 heteroatoms. The molecule has 1 aromatic rings. The fourth-order valence-electron chi connectivity index (χ4n) is 2.67. The minimum Gasteiger partial charge on any atom is -0.459 e. The summed E-state index contributed by atoms with van der Waals surface area (Å²) in [4.78, 5) is 12.2. The van der Waals surface area contributed by atoms with Crippen LogP contribution in [0.5, 0.6) is 0 Å². The molecular weight excluding hydrogens is 312 g/mol. The van der Waals surface area contributed by atoms with Crippen molar-refractivity contribution in [1.82, 2.24) is 0 Å². The van der Waals surface area contributed by atoms with Gasteiger partial charge >= 0.3 is 5.97 Å². The van der Waals surface area contributed by atoms with Gasteiger partial charge < -0.3 is 4.74 Å². The van der Waals surface area contributed by atoms with E-state index < -0.39 is 15.0 Å². The lowest BCUT2D eigenvalue weighted by molar-refractivity contribution is 0.00478. The van der Waals surface area contributed by atoms with E-state index in [1.54, 1.807) is 13.0 Å². The van der Waals surface area contributed by atoms with Crippen molar-refractivity contribution < 1.29 is 17.9 Å². The summed E-state index contributed by atoms with van der Waals surface area (Å²) in [5, 5.41) is 0. The van der Waals surface area contributed by atoms with Gasteiger partial charge in [-0.05, 0) is 55.9 Å². The Balaban J connectivity index is 2.21. The Morgan fingerprint density at radius 2 is 1.90 bits per heavy atom. The maximum Gasteiger partial charge on any atom is 0.338 e. The van der Waals surface area contributed by atoms with Gasteiger partial charge in [-0.15, -0.1) is 0 Å². The first kappa shape index (κ1) is 16.3. The van der Waals surface area contributed by atoms with Gasteiger partial charge in [0, 0.05) is 10.7 Å². The average molecular weight is 331 g/mol. The zero-order chi connectivity index (χ0) is 15.6. The van der Waals surface area contributed by atoms with E-state index in [2.05, 4.69) is 6.92 Å². The lowest BCUT2D eigenvalue weighted by Crippen LogP contribution is -2.28. The Bertz CT molecular complexity index is 639. The summed E-state index contributed by atoms with van der Waals surface area (Å²) in [6.07, 6.45) is 4.03. The van der Waals surface area contributed by atoms with Gasteiger partial charge in [0.05, 0.1) is 10.5 Å². The van der Waals surface area contributed by atoms with Crippen molar-refractivity contribution in [3.05, 3.63) is 29.3 Å². The predicted octanol–water partition coefficient (Wildman–Crippen LogP) is 3.66. The smallest absolute Gasteiger partial charge is 0.338 e. The summed E-state index contributed by atoms with van der Waals surface area (Å²) in [6, 6.07) is 4.31. The molecule has 4 nitrogen and oxygen atoms in total. The van der Waals surface area contributed by atoms with Crippen LogP contribution in [0.2, 0.25) is 0 Å². The van der Waals surface area contributed by atoms with Gasteiger partial charge in [0.25, 0.3) is 9.05 Å². The van der Waals surface area contributed by atoms with Crippen molar-refractivity contribution in [3.63, 3.8) is 0 Å². The third-order valence-corrected chi connectivity index (χ3v) is 5.19. The van der Waals surface area contributed by atoms with Gasteiger partial charge in [0.15, 0.2) is 0 Å². The Hall–Kier alpha value is -1.07. The number of esters is 1. The number of carbonyl (C=O) groups is 1. The highest BCUT2D eigenvalue weighted by atomic mass is 35.7. The largest absolute Gasteiger partial charge is 0.459 e. The minimum atomic E-state index is -3.86. The van der Waals surface area contributed by atoms with E-state index in [1.807, 2.05) is 0 Å². The molecule has 0 amide bonds. The van der Waals surface area contributed by atoms with Crippen LogP contribution in [-0.4, -0.2) is 20.5 Å². The van der Waals surface area contributed by atoms with Crippen molar-refractivity contribution in [2.75, 3.05) is 0 Å². The molecule has 2 unspecified atom stereocenters. The van der Waals surface area contributed by atoms with Gasteiger partial charge in [0.2, 0.25) is 0 Å². The number of ether oxygens (including phenoxy) is 1. The summed E-state index contributed by atoms with van der Waals surface area (Å²) < 4.78 is 28.4. The first-order valence-corrected chi connectivity index (χ1v) is 9.35. The lowest BCUT2D eigenvalue weighted by atomic mass is 9.88. The second-order valence-corrected chi connectivity index (χ2v) is 8.24. The lowest BCUT2D eigenvalue weighted by Gasteiger charge is -2.28. The SMILES string of the molecule is Cc1cc(C(=O)OC2CCCCC2C)cc(S(=O)(=O)Cl)c1. The number of hydrogen-bond donors (Lipinski definition) is 0. The molecule has 1 saturated carbocycles. The quantitative estimate of drug-likeness (QED) is 0.627. The third kappa shape index (κ3) is 4.20. The minimum absolute atomic E-state index is 0.0761. The molecule has 0 N–H and O–H groups in total. The number of hydrogen-bond acceptors (Lipinski definition) is 4. The molecule has 2 atom stereocenters. The van der Waals surface area contributed by atoms with Gasteiger partial charge in [-0.25, -0.2) is 13.2 Å². The highest BCUT2D eigenvalue weighted by Crippen LogP contribution is 2.27. The molecule has 1 aromatic carbocycles. The zero-order valence-electron chi connectivity index (χ0n) is 12.1. The van der Waals surface area contributed by atoms with Crippen molar-refractivity contribution in [3.8, 4) is 0 Å². The molecule has 1 fully saturated rings. The van der Waals surface area contributed by atoms with E-state index in [1.165, 1.54) is 12.1 Å². The Kier molecular flexibility index (Phi) is 4.94. The van der Waals surface area contributed by atoms with Crippen LogP contribution in [-0.2, 0) is 13.8 Å². The van der Waals surface area contributed by atoms with E-state index in [0.29, 0.717) is 11.5 Å². The van der Waals surface area contributed by atoms with E-state index in [-0.39, 0.29) is 16.6 Å². The topological polar surface area (TPSA) is 60.4 Å². The monoisotopic (exact) mass is 330 g/mol. The highest BCUT2D eigenvalue weighted by molar-refractivity contribution is 8.13. The highest BCUT2D eigenvalue weighted by Gasteiger charge is 2.26. The van der Waals surface area contributed by atoms with Gasteiger partial charge in [-0.2, -0.15) is 0 Å². The van der Waals surface area contributed by atoms with Crippen LogP contribution in [0.1, 0.15) is 48.5 Å². The number of carbonyl (C=O) groups excluding carboxylic acids is 1. The molecule has 116 valence electrons. The summed E-state index contributed by atoms with van der Waals surface area (Å²) >= 11 is 0. The summed E-state index contributed by atoms with van der Waals surface area (Å²) in [6.45, 7) is 3.79. The Morgan fingerprint density at radius 1 is 1.24 bits per heavy atom. The molecule has 1 aliphatic rings. The number of rotatable bonds is 3. The van der Waals surface area contributed by atoms with Crippen LogP contribution in [0.15, 0.2) is 23.1 Å². The van der Waals surface area contributed by atoms with E-state index in [4.69, 9.17) is 15.4 Å². The maximum atomic E-state index is 12.2. The average Bonchev–Trinajstić information content (AvgIpc) is 2.39. The third-order valence-electron chi connectivity index (χ3n) is 3.86. The first-order valence-electron chi connectivity index (χ1n) is 7.04. The van der Waals surface area contributed by atoms with Crippen molar-refractivity contribution in [2.24, 2.45) is 5.92 Å². The molecule has 21 heavy (non-hydrogen) atoms. The molecule has 0 heterocycles. The van der Waals surface area contributed by atoms with Gasteiger partial charge in [0.1, 0.15) is 6.10 Å². The summed E-state index contributed by atoms with van der Waals surface area (Å²) in [5.74, 6) is -0.150. The van der Waals surface area contributed by atoms with Gasteiger partial charge in [-0.1, -0.05) is 13.3 Å². The Labute approximate surface area is 129 Å². The van der Waals surface area contributed by atoms with E-state index in [0.717, 1.165) is 25.7 Å². The van der Waals surface area contributed by atoms with Crippen LogP contribution in [0.25, 0.3) is 0 Å². The molecule has 0 aromatic heterocycles. The number of aryl methyl sites for hydroxylation is 1. The molecule has 2 rings (SSSR count). The van der Waals surface area contributed by atoms with Crippen LogP contribution in [0.3, 0.4) is 0 Å². The standard InChI is InChI=1S/C15H19ClO4S/c1-10-7-12(9-13(8-10)21(16,18)19)15(17)20-14-6-4-3-5-11(14)2/h7-9,11,14H,3-6H2,1-2H3. The van der Waals surface area contributed by atoms with Crippen molar-refractivity contribution in [2.45, 2.75) is 50.5 Å². The number of halogens is 1. The van der Waals surface area contributed by atoms with E-state index >= 15 is 0 Å². The molecule has 0 spiro atoms. The van der Waals surface area contributed by atoms with Crippen molar-refractivity contribution in [1.29, 1.82) is 0 Å². The number of benzene rings is 1. The molecule has 0 saturated heterocycles. The van der Waals surface area contributed by atoms with Crippen LogP contribution in [0, 0.1) is 12.8 Å². The predicted molar refractivity (Wildman–Crippen MR) is 81.1 cm³/mol. The van der Waals surface area contributed by atoms with Crippen LogP contribution in [0.4, 0.5) is 0 Å². The molecule has 0 aliphatic heterocycles. The summed E-state index contributed by atoms with van der Waals surface area (Å²) in [7, 11) is 1.48. The molecule has 0 bridgehead atoms. The summed E-state index contributed by atoms with van der Waals surface area (Å²) in [5.41, 5.74) is 0.882. The fourth-order valence-corrected chi connectivity index (χ4v) is 3.53. The Morgan fingerprint density at radius 3 is 2.52 bits per heavy atom. The molecule has 1 aliphatic carbocycles. The van der Waals surface area contributed by atoms with E-state index in [9.17, 15) is 13.2 Å². The first-order chi connectivity index (χ1) is 9.77. The fraction of sp³-hybridized carbons (Fsp3) is 0.533. The normalized spacial score (nSPS) is 22.8.